The minimum Gasteiger partial charge on any atom is -0.379 e. The maximum atomic E-state index is 11.4. The van der Waals surface area contributed by atoms with Crippen molar-refractivity contribution in [3.63, 3.8) is 0 Å². The third kappa shape index (κ3) is 18.9. The number of nitrogens with one attached hydrogen (secondary N) is 1. The van der Waals surface area contributed by atoms with Gasteiger partial charge in [0.1, 0.15) is 5.78 Å². The topological polar surface area (TPSA) is 99.9 Å². The Bertz CT molecular complexity index is 300. The largest absolute Gasteiger partial charge is 0.379 e. The molecule has 1 amide bonds. The van der Waals surface area contributed by atoms with Gasteiger partial charge < -0.3 is 30.1 Å². The van der Waals surface area contributed by atoms with Gasteiger partial charge in [-0.1, -0.05) is 0 Å². The molecule has 0 radical (unpaired) electrons. The van der Waals surface area contributed by atoms with E-state index in [-0.39, 0.29) is 11.7 Å². The molecule has 0 aromatic heterocycles. The first-order chi connectivity index (χ1) is 11.2. The van der Waals surface area contributed by atoms with Gasteiger partial charge in [-0.2, -0.15) is 0 Å². The molecule has 0 aliphatic heterocycles. The number of amides is 1. The molecule has 0 spiro atoms. The number of rotatable bonds is 17. The molecule has 0 aromatic carbocycles. The van der Waals surface area contributed by atoms with Crippen LogP contribution in [0, 0.1) is 0 Å². The number of nitrogens with two attached hydrogens (primary N) is 1. The van der Waals surface area contributed by atoms with E-state index in [4.69, 9.17) is 19.9 Å². The molecule has 0 fully saturated rings. The quantitative estimate of drug-likeness (QED) is 0.379. The van der Waals surface area contributed by atoms with E-state index in [0.29, 0.717) is 72.0 Å². The van der Waals surface area contributed by atoms with Gasteiger partial charge in [-0.25, -0.2) is 0 Å². The van der Waals surface area contributed by atoms with E-state index < -0.39 is 0 Å². The zero-order valence-corrected chi connectivity index (χ0v) is 14.3. The highest BCUT2D eigenvalue weighted by atomic mass is 16.5. The molecule has 0 heterocycles. The van der Waals surface area contributed by atoms with Crippen molar-refractivity contribution >= 4 is 11.7 Å². The molecule has 0 atom stereocenters. The lowest BCUT2D eigenvalue weighted by atomic mass is 10.2. The molecule has 7 heteroatoms. The highest BCUT2D eigenvalue weighted by molar-refractivity contribution is 5.78. The minimum absolute atomic E-state index is 0.00998. The highest BCUT2D eigenvalue weighted by Crippen LogP contribution is 1.96. The standard InChI is InChI=1S/C16H32N2O5/c1-15(19)5-2-6-16(20)18-8-4-10-22-12-14-23-13-11-21-9-3-7-17/h2-14,17H2,1H3,(H,18,20). The fraction of sp³-hybridized carbons (Fsp3) is 0.875. The Morgan fingerprint density at radius 3 is 1.96 bits per heavy atom. The van der Waals surface area contributed by atoms with Crippen LogP contribution in [0.5, 0.6) is 0 Å². The number of Topliss-reactive ketones (excluding diaryl/α,β-unsaturated/α-hetero) is 1. The predicted octanol–water partition coefficient (Wildman–Crippen LogP) is 0.651. The van der Waals surface area contributed by atoms with Crippen LogP contribution in [0.15, 0.2) is 0 Å². The Morgan fingerprint density at radius 2 is 1.39 bits per heavy atom. The van der Waals surface area contributed by atoms with E-state index in [1.807, 2.05) is 0 Å². The van der Waals surface area contributed by atoms with E-state index >= 15 is 0 Å². The summed E-state index contributed by atoms with van der Waals surface area (Å²) >= 11 is 0. The second-order valence-corrected chi connectivity index (χ2v) is 5.24. The van der Waals surface area contributed by atoms with Crippen LogP contribution >= 0.6 is 0 Å². The summed E-state index contributed by atoms with van der Waals surface area (Å²) in [6.45, 7) is 6.25. The van der Waals surface area contributed by atoms with Gasteiger partial charge >= 0.3 is 0 Å². The third-order valence-electron chi connectivity index (χ3n) is 2.96. The maximum absolute atomic E-state index is 11.4. The monoisotopic (exact) mass is 332 g/mol. The van der Waals surface area contributed by atoms with Gasteiger partial charge in [-0.15, -0.1) is 0 Å². The highest BCUT2D eigenvalue weighted by Gasteiger charge is 2.01. The second kappa shape index (κ2) is 17.3. The van der Waals surface area contributed by atoms with Crippen LogP contribution in [-0.4, -0.2) is 64.4 Å². The van der Waals surface area contributed by atoms with Crippen LogP contribution in [0.25, 0.3) is 0 Å². The summed E-state index contributed by atoms with van der Waals surface area (Å²) in [5.41, 5.74) is 5.34. The Hall–Kier alpha value is -1.02. The average molecular weight is 332 g/mol. The zero-order chi connectivity index (χ0) is 17.2. The van der Waals surface area contributed by atoms with Crippen LogP contribution < -0.4 is 11.1 Å². The minimum atomic E-state index is -0.00998. The molecule has 7 nitrogen and oxygen atoms in total. The fourth-order valence-electron chi connectivity index (χ4n) is 1.72. The lowest BCUT2D eigenvalue weighted by molar-refractivity contribution is -0.121. The molecule has 23 heavy (non-hydrogen) atoms. The summed E-state index contributed by atoms with van der Waals surface area (Å²) < 4.78 is 16.0. The maximum Gasteiger partial charge on any atom is 0.220 e. The first-order valence-electron chi connectivity index (χ1n) is 8.36. The Labute approximate surface area is 139 Å². The van der Waals surface area contributed by atoms with Crippen molar-refractivity contribution in [3.05, 3.63) is 0 Å². The van der Waals surface area contributed by atoms with Gasteiger partial charge in [-0.3, -0.25) is 4.79 Å². The van der Waals surface area contributed by atoms with Gasteiger partial charge in [0.25, 0.3) is 0 Å². The first-order valence-corrected chi connectivity index (χ1v) is 8.36. The van der Waals surface area contributed by atoms with Crippen molar-refractivity contribution in [3.8, 4) is 0 Å². The van der Waals surface area contributed by atoms with Crippen molar-refractivity contribution in [2.75, 3.05) is 52.7 Å². The van der Waals surface area contributed by atoms with E-state index in [2.05, 4.69) is 5.32 Å². The molecule has 3 N–H and O–H groups in total. The van der Waals surface area contributed by atoms with Crippen molar-refractivity contribution in [1.82, 2.24) is 5.32 Å². The van der Waals surface area contributed by atoms with Crippen LogP contribution in [0.4, 0.5) is 0 Å². The Kier molecular flexibility index (Phi) is 16.6. The zero-order valence-electron chi connectivity index (χ0n) is 14.3. The third-order valence-corrected chi connectivity index (χ3v) is 2.96. The summed E-state index contributed by atoms with van der Waals surface area (Å²) in [5, 5.41) is 2.81. The summed E-state index contributed by atoms with van der Waals surface area (Å²) in [6.07, 6.45) is 3.12. The van der Waals surface area contributed by atoms with Crippen LogP contribution in [0.3, 0.4) is 0 Å². The molecule has 0 aromatic rings. The molecule has 0 aliphatic rings. The summed E-state index contributed by atoms with van der Waals surface area (Å²) in [7, 11) is 0. The molecular weight excluding hydrogens is 300 g/mol. The molecular formula is C16H32N2O5. The number of carbonyl (C=O) groups excluding carboxylic acids is 2. The summed E-state index contributed by atoms with van der Waals surface area (Å²) in [5.74, 6) is 0.111. The molecule has 0 unspecified atom stereocenters. The van der Waals surface area contributed by atoms with Crippen molar-refractivity contribution in [1.29, 1.82) is 0 Å². The van der Waals surface area contributed by atoms with Gasteiger partial charge in [0.15, 0.2) is 0 Å². The van der Waals surface area contributed by atoms with Gasteiger partial charge in [-0.05, 0) is 32.7 Å². The van der Waals surface area contributed by atoms with Gasteiger partial charge in [0, 0.05) is 32.6 Å². The molecule has 0 aliphatic carbocycles. The molecule has 0 saturated heterocycles. The molecule has 0 rings (SSSR count). The number of ether oxygens (including phenoxy) is 3. The van der Waals surface area contributed by atoms with E-state index in [9.17, 15) is 9.59 Å². The molecule has 136 valence electrons. The number of ketones is 1. The predicted molar refractivity (Wildman–Crippen MR) is 88.3 cm³/mol. The smallest absolute Gasteiger partial charge is 0.220 e. The Morgan fingerprint density at radius 1 is 0.826 bits per heavy atom. The number of hydrogen-bond acceptors (Lipinski definition) is 6. The summed E-state index contributed by atoms with van der Waals surface area (Å²) in [4.78, 5) is 22.2. The SMILES string of the molecule is CC(=O)CCCC(=O)NCCCOCCOCCOCCCN. The van der Waals surface area contributed by atoms with Gasteiger partial charge in [0.05, 0.1) is 26.4 Å². The van der Waals surface area contributed by atoms with Gasteiger partial charge in [0.2, 0.25) is 5.91 Å². The van der Waals surface area contributed by atoms with Crippen LogP contribution in [-0.2, 0) is 23.8 Å². The number of carbonyl (C=O) groups is 2. The van der Waals surface area contributed by atoms with E-state index in [1.165, 1.54) is 6.92 Å². The number of hydrogen-bond donors (Lipinski definition) is 2. The second-order valence-electron chi connectivity index (χ2n) is 5.24. The molecule has 0 bridgehead atoms. The van der Waals surface area contributed by atoms with E-state index in [0.717, 1.165) is 12.8 Å². The normalized spacial score (nSPS) is 10.7. The average Bonchev–Trinajstić information content (AvgIpc) is 2.51. The van der Waals surface area contributed by atoms with Crippen LogP contribution in [0.1, 0.15) is 39.0 Å². The lowest BCUT2D eigenvalue weighted by Gasteiger charge is -2.07. The fourth-order valence-corrected chi connectivity index (χ4v) is 1.72. The van der Waals surface area contributed by atoms with Crippen LogP contribution in [0.2, 0.25) is 0 Å². The Balaban J connectivity index is 3.12. The van der Waals surface area contributed by atoms with E-state index in [1.54, 1.807) is 0 Å². The molecule has 0 saturated carbocycles. The van der Waals surface area contributed by atoms with Crippen molar-refractivity contribution in [2.45, 2.75) is 39.0 Å². The van der Waals surface area contributed by atoms with Crippen molar-refractivity contribution < 1.29 is 23.8 Å². The first kappa shape index (κ1) is 22.0. The lowest BCUT2D eigenvalue weighted by Crippen LogP contribution is -2.25. The van der Waals surface area contributed by atoms with Crippen molar-refractivity contribution in [2.24, 2.45) is 5.73 Å². The summed E-state index contributed by atoms with van der Waals surface area (Å²) in [6, 6.07) is 0.